The summed E-state index contributed by atoms with van der Waals surface area (Å²) in [6, 6.07) is 7.41. The molecule has 0 saturated heterocycles. The van der Waals surface area contributed by atoms with Crippen LogP contribution in [-0.2, 0) is 41.0 Å². The van der Waals surface area contributed by atoms with E-state index >= 15 is 0 Å². The Hall–Kier alpha value is -6.46. The minimum absolute atomic E-state index is 0.00455. The lowest BCUT2D eigenvalue weighted by atomic mass is 10.0. The van der Waals surface area contributed by atoms with Gasteiger partial charge in [0, 0.05) is 24.3 Å². The minimum atomic E-state index is -5.79. The smallest absolute Gasteiger partial charge is 0.420 e. The average Bonchev–Trinajstić information content (AvgIpc) is 3.16. The van der Waals surface area contributed by atoms with Gasteiger partial charge in [0.2, 0.25) is 0 Å². The quantitative estimate of drug-likeness (QED) is 0.0359. The third-order valence-electron chi connectivity index (χ3n) is 7.27. The van der Waals surface area contributed by atoms with Gasteiger partial charge >= 0.3 is 36.2 Å². The van der Waals surface area contributed by atoms with Crippen molar-refractivity contribution in [2.45, 2.75) is 38.0 Å². The normalized spacial score (nSPS) is 11.6. The monoisotopic (exact) mass is 826 g/mol. The highest BCUT2D eigenvalue weighted by Crippen LogP contribution is 2.49. The number of ether oxygens (including phenoxy) is 6. The molecule has 0 aliphatic carbocycles. The first-order valence-corrected chi connectivity index (χ1v) is 17.0. The molecule has 0 unspecified atom stereocenters. The van der Waals surface area contributed by atoms with Crippen LogP contribution in [0.1, 0.15) is 47.9 Å². The van der Waals surface area contributed by atoms with Crippen molar-refractivity contribution in [1.82, 2.24) is 0 Å². The molecule has 0 aliphatic heterocycles. The van der Waals surface area contributed by atoms with Gasteiger partial charge in [-0.25, -0.2) is 28.0 Å². The van der Waals surface area contributed by atoms with E-state index in [2.05, 4.69) is 22.6 Å². The highest BCUT2D eigenvalue weighted by molar-refractivity contribution is 5.90. The van der Waals surface area contributed by atoms with E-state index in [0.717, 1.165) is 36.4 Å². The molecule has 0 aromatic heterocycles. The number of unbranched alkanes of at least 4 members (excludes halogenated alkanes) is 2. The first kappa shape index (κ1) is 45.9. The van der Waals surface area contributed by atoms with Crippen molar-refractivity contribution >= 4 is 36.0 Å². The van der Waals surface area contributed by atoms with Gasteiger partial charge in [0.05, 0.1) is 26.4 Å². The lowest BCUT2D eigenvalue weighted by Gasteiger charge is -2.21. The Kier molecular flexibility index (Phi) is 17.2. The molecule has 0 atom stereocenters. The zero-order chi connectivity index (χ0) is 42.9. The molecule has 0 heterocycles. The molecule has 310 valence electrons. The molecule has 3 aromatic rings. The molecule has 0 saturated carbocycles. The molecule has 0 fully saturated rings. The summed E-state index contributed by atoms with van der Waals surface area (Å²) in [6.45, 7) is 6.79. The molecular weight excluding hydrogens is 792 g/mol. The van der Waals surface area contributed by atoms with Gasteiger partial charge in [0.1, 0.15) is 22.6 Å². The Bertz CT molecular complexity index is 1880. The first-order chi connectivity index (χ1) is 27.4. The van der Waals surface area contributed by atoms with E-state index < -0.39 is 70.5 Å². The SMILES string of the molecule is C=CC(=O)OCCCCOc1ccc(C=CC(=O)Oc2ccc(OC(=O)C=Cc3ccc(OCCCCOC(=O)C=C)c(F)c3)c(C(F)(F)F)c2C(F)(F)F)cc1F. The molecule has 3 aromatic carbocycles. The van der Waals surface area contributed by atoms with E-state index in [9.17, 15) is 54.3 Å². The summed E-state index contributed by atoms with van der Waals surface area (Å²) in [5.41, 5.74) is -4.94. The number of esters is 4. The fourth-order valence-corrected chi connectivity index (χ4v) is 4.62. The summed E-state index contributed by atoms with van der Waals surface area (Å²) < 4.78 is 143. The highest BCUT2D eigenvalue weighted by Gasteiger charge is 2.48. The van der Waals surface area contributed by atoms with Crippen LogP contribution in [0.2, 0.25) is 0 Å². The highest BCUT2D eigenvalue weighted by atomic mass is 19.4. The van der Waals surface area contributed by atoms with Crippen molar-refractivity contribution in [3.63, 3.8) is 0 Å². The number of alkyl halides is 6. The van der Waals surface area contributed by atoms with E-state index in [1.54, 1.807) is 0 Å². The van der Waals surface area contributed by atoms with Crippen LogP contribution in [0.3, 0.4) is 0 Å². The summed E-state index contributed by atoms with van der Waals surface area (Å²) in [5, 5.41) is 0. The zero-order valence-electron chi connectivity index (χ0n) is 30.3. The van der Waals surface area contributed by atoms with Gasteiger partial charge in [-0.05, 0) is 85.4 Å². The maximum absolute atomic E-state index is 14.5. The predicted octanol–water partition coefficient (Wildman–Crippen LogP) is 9.02. The lowest BCUT2D eigenvalue weighted by molar-refractivity contribution is -0.164. The van der Waals surface area contributed by atoms with E-state index in [0.29, 0.717) is 50.0 Å². The second-order valence-corrected chi connectivity index (χ2v) is 11.6. The van der Waals surface area contributed by atoms with Gasteiger partial charge in [0.15, 0.2) is 23.1 Å². The molecule has 0 radical (unpaired) electrons. The summed E-state index contributed by atoms with van der Waals surface area (Å²) in [6.07, 6.45) is -5.06. The fourth-order valence-electron chi connectivity index (χ4n) is 4.62. The molecule has 18 heteroatoms. The number of carbonyl (C=O) groups is 4. The van der Waals surface area contributed by atoms with Crippen molar-refractivity contribution in [3.05, 3.63) is 120 Å². The first-order valence-electron chi connectivity index (χ1n) is 17.0. The molecule has 58 heavy (non-hydrogen) atoms. The second-order valence-electron chi connectivity index (χ2n) is 11.6. The molecule has 0 spiro atoms. The van der Waals surface area contributed by atoms with Crippen LogP contribution in [0.5, 0.6) is 23.0 Å². The Morgan fingerprint density at radius 1 is 0.517 bits per heavy atom. The van der Waals surface area contributed by atoms with Crippen LogP contribution in [-0.4, -0.2) is 50.3 Å². The number of carbonyl (C=O) groups excluding carboxylic acids is 4. The molecular formula is C40H34F8O10. The van der Waals surface area contributed by atoms with Crippen LogP contribution in [0, 0.1) is 11.6 Å². The maximum Gasteiger partial charge on any atom is 0.420 e. The van der Waals surface area contributed by atoms with Crippen molar-refractivity contribution in [2.24, 2.45) is 0 Å². The summed E-state index contributed by atoms with van der Waals surface area (Å²) >= 11 is 0. The third-order valence-corrected chi connectivity index (χ3v) is 7.27. The van der Waals surface area contributed by atoms with Gasteiger partial charge in [-0.15, -0.1) is 0 Å². The molecule has 0 aliphatic rings. The number of hydrogen-bond acceptors (Lipinski definition) is 10. The standard InChI is InChI=1S/C40H34F8O10/c1-3-33(49)55-21-7-5-19-53-29-13-9-25(23-27(29)41)11-17-35(51)57-31-15-16-32(38(40(46,47)48)37(31)39(43,44)45)58-36(52)18-12-26-10-14-30(28(42)24-26)54-20-6-8-22-56-34(50)4-2/h3-4,9-18,23-24H,1-2,5-8,19-22H2. The van der Waals surface area contributed by atoms with Crippen LogP contribution in [0.15, 0.2) is 86.0 Å². The Morgan fingerprint density at radius 3 is 1.19 bits per heavy atom. The lowest BCUT2D eigenvalue weighted by Crippen LogP contribution is -2.21. The number of hydrogen-bond donors (Lipinski definition) is 0. The Labute approximate surface area is 325 Å². The largest absolute Gasteiger partial charge is 0.491 e. The summed E-state index contributed by atoms with van der Waals surface area (Å²) in [5.74, 6) is -9.62. The third kappa shape index (κ3) is 14.9. The van der Waals surface area contributed by atoms with Crippen LogP contribution in [0.25, 0.3) is 12.2 Å². The predicted molar refractivity (Wildman–Crippen MR) is 190 cm³/mol. The Balaban J connectivity index is 1.68. The summed E-state index contributed by atoms with van der Waals surface area (Å²) in [7, 11) is 0. The molecule has 3 rings (SSSR count). The van der Waals surface area contributed by atoms with Crippen LogP contribution < -0.4 is 18.9 Å². The van der Waals surface area contributed by atoms with Crippen LogP contribution >= 0.6 is 0 Å². The van der Waals surface area contributed by atoms with Gasteiger partial charge in [-0.2, -0.15) is 26.3 Å². The fraction of sp³-hybridized carbons (Fsp3) is 0.250. The zero-order valence-corrected chi connectivity index (χ0v) is 30.3. The molecule has 0 N–H and O–H groups in total. The Morgan fingerprint density at radius 2 is 0.862 bits per heavy atom. The van der Waals surface area contributed by atoms with Gasteiger partial charge < -0.3 is 28.4 Å². The van der Waals surface area contributed by atoms with Crippen molar-refractivity contribution in [1.29, 1.82) is 0 Å². The molecule has 10 nitrogen and oxygen atoms in total. The minimum Gasteiger partial charge on any atom is -0.491 e. The van der Waals surface area contributed by atoms with Gasteiger partial charge in [0.25, 0.3) is 0 Å². The second kappa shape index (κ2) is 21.7. The van der Waals surface area contributed by atoms with E-state index in [-0.39, 0.29) is 49.1 Å². The van der Waals surface area contributed by atoms with Gasteiger partial charge in [-0.3, -0.25) is 0 Å². The summed E-state index contributed by atoms with van der Waals surface area (Å²) in [4.78, 5) is 46.9. The van der Waals surface area contributed by atoms with Crippen molar-refractivity contribution in [3.8, 4) is 23.0 Å². The van der Waals surface area contributed by atoms with Gasteiger partial charge in [-0.1, -0.05) is 25.3 Å². The van der Waals surface area contributed by atoms with Crippen molar-refractivity contribution in [2.75, 3.05) is 26.4 Å². The molecule has 0 bridgehead atoms. The van der Waals surface area contributed by atoms with E-state index in [1.165, 1.54) is 24.3 Å². The number of rotatable bonds is 20. The van der Waals surface area contributed by atoms with Crippen molar-refractivity contribution < 1.29 is 82.7 Å². The topological polar surface area (TPSA) is 124 Å². The van der Waals surface area contributed by atoms with E-state index in [1.807, 2.05) is 0 Å². The number of benzene rings is 3. The van der Waals surface area contributed by atoms with E-state index in [4.69, 9.17) is 18.9 Å². The number of halogens is 8. The maximum atomic E-state index is 14.5. The average molecular weight is 827 g/mol. The molecule has 0 amide bonds. The van der Waals surface area contributed by atoms with Crippen LogP contribution in [0.4, 0.5) is 35.1 Å².